The summed E-state index contributed by atoms with van der Waals surface area (Å²) in [7, 11) is 2.15. The van der Waals surface area contributed by atoms with Crippen molar-refractivity contribution < 1.29 is 22.6 Å². The highest BCUT2D eigenvalue weighted by Crippen LogP contribution is 2.25. The second kappa shape index (κ2) is 17.7. The lowest BCUT2D eigenvalue weighted by Crippen LogP contribution is -2.57. The van der Waals surface area contributed by atoms with Crippen LogP contribution in [0.2, 0.25) is 0 Å². The van der Waals surface area contributed by atoms with Gasteiger partial charge in [-0.3, -0.25) is 4.90 Å². The van der Waals surface area contributed by atoms with Gasteiger partial charge in [-0.1, -0.05) is 0 Å². The fraction of sp³-hybridized carbons (Fsp3) is 0.516. The summed E-state index contributed by atoms with van der Waals surface area (Å²) in [6.07, 6.45) is 0.758. The van der Waals surface area contributed by atoms with Crippen molar-refractivity contribution in [3.8, 4) is 5.88 Å². The summed E-state index contributed by atoms with van der Waals surface area (Å²) in [5.74, 6) is 1.66. The van der Waals surface area contributed by atoms with Crippen LogP contribution in [0.4, 0.5) is 41.9 Å². The van der Waals surface area contributed by atoms with Gasteiger partial charge < -0.3 is 46.7 Å². The Morgan fingerprint density at radius 2 is 1.57 bits per heavy atom. The van der Waals surface area contributed by atoms with Crippen LogP contribution in [-0.4, -0.2) is 129 Å². The number of ether oxygens (including phenoxy) is 2. The standard InChI is InChI=1S/C11H17N3O2.C10H13F3N4.C10H16N4/c12-10-1-2-13-11(9-10)16-8-5-14-3-6-15-7-4-14;11-10(12,13)8-6-17(4-3-15-8)9-5-7(14)1-2-16-9;1-13-4-6-14(7-5-13)9-2-3-10(11)12-8-9/h1-2,9H,3-8H2,(H2,12,13);1-2,5,8,15H,3-4,6H2,(H2,14,16);2-3,8H,4-7H2,1H3,(H2,11,12). The first kappa shape index (κ1) is 35.7. The summed E-state index contributed by atoms with van der Waals surface area (Å²) >= 11 is 0. The minimum Gasteiger partial charge on any atom is -0.476 e. The molecule has 13 nitrogen and oxygen atoms in total. The van der Waals surface area contributed by atoms with Crippen LogP contribution in [0.15, 0.2) is 55.0 Å². The van der Waals surface area contributed by atoms with Gasteiger partial charge in [0, 0.05) is 101 Å². The van der Waals surface area contributed by atoms with Gasteiger partial charge >= 0.3 is 6.18 Å². The number of nitrogen functional groups attached to an aromatic ring is 3. The van der Waals surface area contributed by atoms with Crippen LogP contribution in [0.3, 0.4) is 0 Å². The van der Waals surface area contributed by atoms with Crippen LogP contribution in [-0.2, 0) is 4.74 Å². The Morgan fingerprint density at radius 1 is 0.872 bits per heavy atom. The predicted octanol–water partition coefficient (Wildman–Crippen LogP) is 1.79. The van der Waals surface area contributed by atoms with Gasteiger partial charge in [-0.15, -0.1) is 0 Å². The molecule has 0 radical (unpaired) electrons. The van der Waals surface area contributed by atoms with Gasteiger partial charge in [0.05, 0.1) is 25.1 Å². The highest BCUT2D eigenvalue weighted by atomic mass is 19.4. The van der Waals surface area contributed by atoms with Gasteiger partial charge in [0.2, 0.25) is 5.88 Å². The zero-order valence-electron chi connectivity index (χ0n) is 26.8. The summed E-state index contributed by atoms with van der Waals surface area (Å²) in [5, 5.41) is 2.45. The number of nitrogens with two attached hydrogens (primary N) is 3. The summed E-state index contributed by atoms with van der Waals surface area (Å²) < 4.78 is 48.5. The van der Waals surface area contributed by atoms with Gasteiger partial charge in [-0.2, -0.15) is 13.2 Å². The van der Waals surface area contributed by atoms with Crippen LogP contribution in [0.25, 0.3) is 0 Å². The number of likely N-dealkylation sites (N-methyl/N-ethyl adjacent to an activating group) is 1. The van der Waals surface area contributed by atoms with E-state index in [2.05, 4.69) is 42.0 Å². The third-order valence-electron chi connectivity index (χ3n) is 7.82. The Balaban J connectivity index is 0.000000160. The smallest absolute Gasteiger partial charge is 0.405 e. The molecule has 258 valence electrons. The molecule has 1 unspecified atom stereocenters. The molecule has 3 fully saturated rings. The SMILES string of the molecule is CN1CCN(c2ccc(N)nc2)CC1.Nc1ccnc(N2CCNC(C(F)(F)F)C2)c1.Nc1ccnc(OCCN2CCOCC2)c1. The van der Waals surface area contributed by atoms with Crippen molar-refractivity contribution in [2.24, 2.45) is 0 Å². The highest BCUT2D eigenvalue weighted by Gasteiger charge is 2.42. The zero-order valence-corrected chi connectivity index (χ0v) is 26.8. The van der Waals surface area contributed by atoms with Crippen molar-refractivity contribution in [2.45, 2.75) is 12.2 Å². The van der Waals surface area contributed by atoms with E-state index in [1.165, 1.54) is 11.9 Å². The van der Waals surface area contributed by atoms with Crippen LogP contribution >= 0.6 is 0 Å². The number of hydrogen-bond acceptors (Lipinski definition) is 13. The number of aromatic nitrogens is 3. The second-order valence-corrected chi connectivity index (χ2v) is 11.4. The van der Waals surface area contributed by atoms with Crippen molar-refractivity contribution in [1.82, 2.24) is 30.1 Å². The van der Waals surface area contributed by atoms with E-state index in [9.17, 15) is 13.2 Å². The molecule has 0 amide bonds. The molecule has 6 rings (SSSR count). The molecule has 3 saturated heterocycles. The van der Waals surface area contributed by atoms with E-state index in [1.54, 1.807) is 35.4 Å². The molecule has 0 saturated carbocycles. The Labute approximate surface area is 273 Å². The fourth-order valence-corrected chi connectivity index (χ4v) is 5.04. The second-order valence-electron chi connectivity index (χ2n) is 11.4. The average Bonchev–Trinajstić information content (AvgIpc) is 3.06. The van der Waals surface area contributed by atoms with Crippen LogP contribution < -0.4 is 37.1 Å². The van der Waals surface area contributed by atoms with E-state index in [0.717, 1.165) is 59.0 Å². The molecule has 1 atom stereocenters. The normalized spacial score (nSPS) is 19.2. The summed E-state index contributed by atoms with van der Waals surface area (Å²) in [4.78, 5) is 20.8. The van der Waals surface area contributed by atoms with Crippen LogP contribution in [0, 0.1) is 0 Å². The predicted molar refractivity (Wildman–Crippen MR) is 178 cm³/mol. The molecular weight excluding hydrogens is 615 g/mol. The van der Waals surface area contributed by atoms with Gasteiger partial charge in [0.15, 0.2) is 0 Å². The topological polar surface area (TPSA) is 160 Å². The van der Waals surface area contributed by atoms with E-state index in [-0.39, 0.29) is 13.1 Å². The fourth-order valence-electron chi connectivity index (χ4n) is 5.04. The zero-order chi connectivity index (χ0) is 33.6. The van der Waals surface area contributed by atoms with Crippen molar-refractivity contribution in [3.63, 3.8) is 0 Å². The number of anilines is 5. The van der Waals surface area contributed by atoms with Crippen molar-refractivity contribution in [2.75, 3.05) is 119 Å². The molecule has 7 N–H and O–H groups in total. The first-order valence-corrected chi connectivity index (χ1v) is 15.6. The molecular formula is C31H46F3N11O2. The van der Waals surface area contributed by atoms with E-state index < -0.39 is 12.2 Å². The van der Waals surface area contributed by atoms with Crippen molar-refractivity contribution >= 4 is 28.7 Å². The van der Waals surface area contributed by atoms with Gasteiger partial charge in [0.25, 0.3) is 0 Å². The van der Waals surface area contributed by atoms with Crippen LogP contribution in [0.1, 0.15) is 0 Å². The Hall–Kier alpha value is -4.12. The monoisotopic (exact) mass is 661 g/mol. The molecule has 3 aliphatic heterocycles. The molecule has 16 heteroatoms. The number of nitrogens with zero attached hydrogens (tertiary/aromatic N) is 7. The van der Waals surface area contributed by atoms with Crippen LogP contribution in [0.5, 0.6) is 5.88 Å². The first-order chi connectivity index (χ1) is 22.6. The molecule has 3 aliphatic rings. The number of alkyl halides is 3. The third kappa shape index (κ3) is 12.2. The number of pyridine rings is 3. The molecule has 0 bridgehead atoms. The first-order valence-electron chi connectivity index (χ1n) is 15.6. The Kier molecular flexibility index (Phi) is 13.5. The summed E-state index contributed by atoms with van der Waals surface area (Å²) in [6.45, 7) is 10.1. The van der Waals surface area contributed by atoms with Gasteiger partial charge in [0.1, 0.15) is 24.3 Å². The molecule has 3 aromatic heterocycles. The number of halogens is 3. The highest BCUT2D eigenvalue weighted by molar-refractivity contribution is 5.51. The largest absolute Gasteiger partial charge is 0.476 e. The van der Waals surface area contributed by atoms with E-state index >= 15 is 0 Å². The Bertz CT molecular complexity index is 1340. The lowest BCUT2D eigenvalue weighted by Gasteiger charge is -2.35. The number of nitrogens with one attached hydrogen (secondary N) is 1. The quantitative estimate of drug-likeness (QED) is 0.303. The lowest BCUT2D eigenvalue weighted by molar-refractivity contribution is -0.155. The van der Waals surface area contributed by atoms with E-state index in [0.29, 0.717) is 42.0 Å². The maximum atomic E-state index is 12.6. The van der Waals surface area contributed by atoms with Crippen molar-refractivity contribution in [3.05, 3.63) is 55.0 Å². The lowest BCUT2D eigenvalue weighted by atomic mass is 10.2. The average molecular weight is 662 g/mol. The summed E-state index contributed by atoms with van der Waals surface area (Å²) in [6, 6.07) is 9.04. The maximum absolute atomic E-state index is 12.6. The minimum absolute atomic E-state index is 0.139. The maximum Gasteiger partial charge on any atom is 0.405 e. The molecule has 6 heterocycles. The molecule has 0 spiro atoms. The third-order valence-corrected chi connectivity index (χ3v) is 7.82. The van der Waals surface area contributed by atoms with Gasteiger partial charge in [-0.05, 0) is 31.3 Å². The van der Waals surface area contributed by atoms with Gasteiger partial charge in [-0.25, -0.2) is 15.0 Å². The minimum atomic E-state index is -4.24. The molecule has 0 aromatic carbocycles. The number of piperazine rings is 2. The molecule has 0 aliphatic carbocycles. The number of hydrogen-bond donors (Lipinski definition) is 4. The number of rotatable bonds is 6. The summed E-state index contributed by atoms with van der Waals surface area (Å²) in [5.41, 5.74) is 19.1. The molecule has 47 heavy (non-hydrogen) atoms. The van der Waals surface area contributed by atoms with Crippen molar-refractivity contribution in [1.29, 1.82) is 0 Å². The molecule has 3 aromatic rings. The van der Waals surface area contributed by atoms with E-state index in [1.807, 2.05) is 18.3 Å². The van der Waals surface area contributed by atoms with E-state index in [4.69, 9.17) is 26.7 Å². The number of morpholine rings is 1. The Morgan fingerprint density at radius 3 is 2.21 bits per heavy atom.